The first-order valence-electron chi connectivity index (χ1n) is 20.9. The summed E-state index contributed by atoms with van der Waals surface area (Å²) in [5, 5.41) is 45.7. The van der Waals surface area contributed by atoms with Crippen molar-refractivity contribution in [2.45, 2.75) is 109 Å². The molecule has 0 aliphatic heterocycles. The maximum atomic E-state index is 14.0. The molecule has 0 saturated heterocycles. The standard InChI is InChI=1S/C44H56N8O12/c1-6-22(3)37(42(61)50-34(44(63)64)17-26-21-46-30-15-11-9-13-28(26)30)52-43(62)38(23(4)7-2)51-41(60)33(19-36(56)57)49-40(59)32(18-35(54)55)48-39(58)31(47-24(5)53)16-25-20-45-29-14-10-8-12-27(25)29/h8-15,20-23,31-34,37-38,45-46H,6-7,16-19H2,1-5H3,(H,47,53)(H,48,58)(H,49,59)(H,50,61)(H,51,60)(H,52,62)(H,54,55)(H,56,57)(H,63,64)/t22-,23-,31+,32-,33-,34-,37-,38-/m0/s1. The van der Waals surface area contributed by atoms with Crippen LogP contribution in [0.5, 0.6) is 0 Å². The quantitative estimate of drug-likeness (QED) is 0.0477. The maximum Gasteiger partial charge on any atom is 0.326 e. The van der Waals surface area contributed by atoms with Crippen molar-refractivity contribution in [2.24, 2.45) is 11.8 Å². The van der Waals surface area contributed by atoms with E-state index in [9.17, 15) is 58.5 Å². The summed E-state index contributed by atoms with van der Waals surface area (Å²) in [5.74, 6) is -11.2. The summed E-state index contributed by atoms with van der Waals surface area (Å²) in [5.41, 5.74) is 2.80. The van der Waals surface area contributed by atoms with Gasteiger partial charge in [0, 0.05) is 54.0 Å². The van der Waals surface area contributed by atoms with Crippen molar-refractivity contribution in [3.8, 4) is 0 Å². The molecule has 20 heteroatoms. The summed E-state index contributed by atoms with van der Waals surface area (Å²) in [6, 6.07) is 5.29. The molecular weight excluding hydrogens is 833 g/mol. The van der Waals surface area contributed by atoms with Crippen molar-refractivity contribution < 1.29 is 58.5 Å². The minimum atomic E-state index is -1.90. The Morgan fingerprint density at radius 3 is 1.31 bits per heavy atom. The number of rotatable bonds is 24. The molecule has 4 aromatic rings. The van der Waals surface area contributed by atoms with Crippen LogP contribution in [-0.4, -0.2) is 115 Å². The number of para-hydroxylation sites is 2. The van der Waals surface area contributed by atoms with E-state index in [1.54, 1.807) is 70.4 Å². The van der Waals surface area contributed by atoms with Crippen molar-refractivity contribution >= 4 is 75.2 Å². The van der Waals surface area contributed by atoms with Crippen LogP contribution < -0.4 is 31.9 Å². The molecule has 8 atom stereocenters. The number of fused-ring (bicyclic) bond motifs is 2. The number of carbonyl (C=O) groups is 9. The average Bonchev–Trinajstić information content (AvgIpc) is 3.86. The molecule has 6 amide bonds. The predicted molar refractivity (Wildman–Crippen MR) is 232 cm³/mol. The lowest BCUT2D eigenvalue weighted by Crippen LogP contribution is -2.61. The third-order valence-electron chi connectivity index (χ3n) is 11.1. The van der Waals surface area contributed by atoms with Crippen molar-refractivity contribution in [1.82, 2.24) is 41.9 Å². The van der Waals surface area contributed by atoms with E-state index in [1.807, 2.05) is 18.2 Å². The SMILES string of the molecule is CC[C@H](C)[C@H](NC(=O)[C@H](CC(=O)O)NC(=O)[C@H](CC(=O)O)NC(=O)[C@@H](Cc1c[nH]c2ccccc12)NC(C)=O)C(=O)N[C@H](C(=O)N[C@@H](Cc1c[nH]c2ccccc12)C(=O)O)[C@@H](C)CC. The molecule has 2 aromatic carbocycles. The Labute approximate surface area is 368 Å². The lowest BCUT2D eigenvalue weighted by Gasteiger charge is -2.30. The Balaban J connectivity index is 1.51. The zero-order valence-corrected chi connectivity index (χ0v) is 36.2. The maximum absolute atomic E-state index is 14.0. The van der Waals surface area contributed by atoms with Gasteiger partial charge in [-0.1, -0.05) is 76.9 Å². The highest BCUT2D eigenvalue weighted by Gasteiger charge is 2.37. The van der Waals surface area contributed by atoms with E-state index in [4.69, 9.17) is 0 Å². The number of carbonyl (C=O) groups excluding carboxylic acids is 6. The van der Waals surface area contributed by atoms with Gasteiger partial charge in [-0.15, -0.1) is 0 Å². The van der Waals surface area contributed by atoms with E-state index >= 15 is 0 Å². The summed E-state index contributed by atoms with van der Waals surface area (Å²) in [6.45, 7) is 7.91. The highest BCUT2D eigenvalue weighted by atomic mass is 16.4. The number of nitrogens with one attached hydrogen (secondary N) is 8. The average molecular weight is 889 g/mol. The van der Waals surface area contributed by atoms with E-state index in [0.29, 0.717) is 24.0 Å². The van der Waals surface area contributed by atoms with Gasteiger partial charge in [0.25, 0.3) is 0 Å². The lowest BCUT2D eigenvalue weighted by atomic mass is 9.94. The monoisotopic (exact) mass is 888 g/mol. The number of carboxylic acid groups (broad SMARTS) is 3. The van der Waals surface area contributed by atoms with Crippen LogP contribution in [0.3, 0.4) is 0 Å². The van der Waals surface area contributed by atoms with Gasteiger partial charge in [-0.05, 0) is 35.1 Å². The van der Waals surface area contributed by atoms with E-state index < -0.39 is 114 Å². The topological polar surface area (TPSA) is 318 Å². The third-order valence-corrected chi connectivity index (χ3v) is 11.1. The Morgan fingerprint density at radius 1 is 0.516 bits per heavy atom. The van der Waals surface area contributed by atoms with Gasteiger partial charge in [0.1, 0.15) is 36.3 Å². The van der Waals surface area contributed by atoms with Crippen LogP contribution in [0, 0.1) is 11.8 Å². The second-order valence-electron chi connectivity index (χ2n) is 15.8. The van der Waals surface area contributed by atoms with Gasteiger partial charge >= 0.3 is 17.9 Å². The van der Waals surface area contributed by atoms with Crippen LogP contribution in [-0.2, 0) is 56.0 Å². The molecule has 0 spiro atoms. The summed E-state index contributed by atoms with van der Waals surface area (Å²) in [6.07, 6.45) is 1.78. The highest BCUT2D eigenvalue weighted by molar-refractivity contribution is 5.99. The number of aromatic nitrogens is 2. The van der Waals surface area contributed by atoms with Crippen molar-refractivity contribution in [3.63, 3.8) is 0 Å². The van der Waals surface area contributed by atoms with Crippen LogP contribution >= 0.6 is 0 Å². The fraction of sp³-hybridized carbons (Fsp3) is 0.432. The van der Waals surface area contributed by atoms with Crippen LogP contribution in [0.15, 0.2) is 60.9 Å². The molecule has 64 heavy (non-hydrogen) atoms. The fourth-order valence-electron chi connectivity index (χ4n) is 7.17. The smallest absolute Gasteiger partial charge is 0.326 e. The molecule has 0 aliphatic rings. The van der Waals surface area contributed by atoms with Gasteiger partial charge in [-0.3, -0.25) is 38.4 Å². The lowest BCUT2D eigenvalue weighted by molar-refractivity contribution is -0.144. The number of H-pyrrole nitrogens is 2. The van der Waals surface area contributed by atoms with Gasteiger partial charge < -0.3 is 57.2 Å². The van der Waals surface area contributed by atoms with E-state index in [0.717, 1.165) is 21.8 Å². The van der Waals surface area contributed by atoms with E-state index in [-0.39, 0.29) is 12.8 Å². The van der Waals surface area contributed by atoms with E-state index in [2.05, 4.69) is 41.9 Å². The number of amides is 6. The van der Waals surface area contributed by atoms with Crippen LogP contribution in [0.4, 0.5) is 0 Å². The Bertz CT molecular complexity index is 2360. The Hall–Kier alpha value is -7.25. The van der Waals surface area contributed by atoms with Gasteiger partial charge in [0.2, 0.25) is 35.4 Å². The van der Waals surface area contributed by atoms with Crippen LogP contribution in [0.25, 0.3) is 21.8 Å². The normalized spacial score (nSPS) is 15.0. The molecule has 0 bridgehead atoms. The molecule has 4 rings (SSSR count). The first-order chi connectivity index (χ1) is 30.3. The minimum absolute atomic E-state index is 0.0648. The largest absolute Gasteiger partial charge is 0.481 e. The number of benzene rings is 2. The van der Waals surface area contributed by atoms with Gasteiger partial charge in [0.05, 0.1) is 12.8 Å². The predicted octanol–water partition coefficient (Wildman–Crippen LogP) is 1.49. The first kappa shape index (κ1) is 49.4. The number of aromatic amines is 2. The Morgan fingerprint density at radius 2 is 0.891 bits per heavy atom. The molecular formula is C44H56N8O12. The molecule has 20 nitrogen and oxygen atoms in total. The molecule has 0 saturated carbocycles. The molecule has 2 heterocycles. The number of aliphatic carboxylic acids is 3. The molecule has 2 aromatic heterocycles. The minimum Gasteiger partial charge on any atom is -0.481 e. The zero-order valence-electron chi connectivity index (χ0n) is 36.2. The summed E-state index contributed by atoms with van der Waals surface area (Å²) in [4.78, 5) is 123. The first-order valence-corrected chi connectivity index (χ1v) is 20.9. The third kappa shape index (κ3) is 13.4. The summed E-state index contributed by atoms with van der Waals surface area (Å²) < 4.78 is 0. The molecule has 0 radical (unpaired) electrons. The van der Waals surface area contributed by atoms with Crippen LogP contribution in [0.2, 0.25) is 0 Å². The van der Waals surface area contributed by atoms with Crippen molar-refractivity contribution in [3.05, 3.63) is 72.1 Å². The second-order valence-corrected chi connectivity index (χ2v) is 15.8. The molecule has 0 fully saturated rings. The zero-order chi connectivity index (χ0) is 47.2. The molecule has 0 unspecified atom stereocenters. The molecule has 0 aliphatic carbocycles. The number of hydrogen-bond acceptors (Lipinski definition) is 9. The molecule has 11 N–H and O–H groups in total. The van der Waals surface area contributed by atoms with Gasteiger partial charge in [-0.25, -0.2) is 4.79 Å². The van der Waals surface area contributed by atoms with Crippen LogP contribution in [0.1, 0.15) is 71.4 Å². The highest BCUT2D eigenvalue weighted by Crippen LogP contribution is 2.21. The fourth-order valence-corrected chi connectivity index (χ4v) is 7.17. The summed E-state index contributed by atoms with van der Waals surface area (Å²) in [7, 11) is 0. The summed E-state index contributed by atoms with van der Waals surface area (Å²) >= 11 is 0. The van der Waals surface area contributed by atoms with Gasteiger partial charge in [0.15, 0.2) is 0 Å². The second kappa shape index (κ2) is 22.7. The molecule has 344 valence electrons. The Kier molecular flexibility index (Phi) is 17.5. The van der Waals surface area contributed by atoms with Gasteiger partial charge in [-0.2, -0.15) is 0 Å². The van der Waals surface area contributed by atoms with E-state index in [1.165, 1.54) is 6.92 Å². The number of hydrogen-bond donors (Lipinski definition) is 11. The van der Waals surface area contributed by atoms with Crippen molar-refractivity contribution in [1.29, 1.82) is 0 Å². The number of carboxylic acids is 3. The van der Waals surface area contributed by atoms with Crippen molar-refractivity contribution in [2.75, 3.05) is 0 Å².